The van der Waals surface area contributed by atoms with Gasteiger partial charge in [-0.05, 0) is 93.9 Å². The zero-order valence-corrected chi connectivity index (χ0v) is 24.6. The quantitative estimate of drug-likeness (QED) is 0.375. The molecule has 2 amide bonds. The monoisotopic (exact) mass is 565 g/mol. The Morgan fingerprint density at radius 3 is 2.34 bits per heavy atom. The first kappa shape index (κ1) is 29.2. The Hall–Kier alpha value is -3.28. The van der Waals surface area contributed by atoms with Crippen molar-refractivity contribution in [3.05, 3.63) is 23.3 Å². The number of carbonyl (C=O) groups excluding carboxylic acids is 2. The number of nitrogens with one attached hydrogen (secondary N) is 2. The van der Waals surface area contributed by atoms with E-state index in [0.717, 1.165) is 32.1 Å². The van der Waals surface area contributed by atoms with Gasteiger partial charge in [0.2, 0.25) is 5.91 Å². The number of benzene rings is 1. The Morgan fingerprint density at radius 2 is 1.76 bits per heavy atom. The fraction of sp³-hybridized carbons (Fsp3) is 0.688. The summed E-state index contributed by atoms with van der Waals surface area (Å²) in [6.07, 6.45) is 7.01. The average Bonchev–Trinajstić information content (AvgIpc) is 3.49. The summed E-state index contributed by atoms with van der Waals surface area (Å²) < 4.78 is 11.7. The van der Waals surface area contributed by atoms with Gasteiger partial charge in [0.1, 0.15) is 17.6 Å². The molecule has 0 saturated heterocycles. The van der Waals surface area contributed by atoms with E-state index in [1.807, 2.05) is 0 Å². The SMILES string of the molecule is COc1cc(C#N)c(OC2CCC(C)(C(=O)O)CC2)cc1C(=O)N[C@@H]1[C@H]2CC[C@H](C2)[C@@H]1C(=O)NCC1(C(C)C)CC1. The maximum absolute atomic E-state index is 13.7. The summed E-state index contributed by atoms with van der Waals surface area (Å²) in [4.78, 5) is 38.8. The number of carbonyl (C=O) groups is 3. The van der Waals surface area contributed by atoms with Crippen LogP contribution in [0.3, 0.4) is 0 Å². The summed E-state index contributed by atoms with van der Waals surface area (Å²) >= 11 is 0. The molecule has 0 heterocycles. The van der Waals surface area contributed by atoms with E-state index >= 15 is 0 Å². The predicted octanol–water partition coefficient (Wildman–Crippen LogP) is 4.68. The Kier molecular flexibility index (Phi) is 7.97. The highest BCUT2D eigenvalue weighted by atomic mass is 16.5. The number of rotatable bonds is 10. The van der Waals surface area contributed by atoms with Gasteiger partial charge in [0, 0.05) is 18.7 Å². The second kappa shape index (κ2) is 11.2. The minimum absolute atomic E-state index is 0.0379. The summed E-state index contributed by atoms with van der Waals surface area (Å²) in [7, 11) is 1.46. The first-order chi connectivity index (χ1) is 19.5. The van der Waals surface area contributed by atoms with Crippen molar-refractivity contribution in [1.29, 1.82) is 5.26 Å². The number of nitrogens with zero attached hydrogens (tertiary/aromatic N) is 1. The van der Waals surface area contributed by atoms with Gasteiger partial charge in [0.05, 0.1) is 35.7 Å². The summed E-state index contributed by atoms with van der Waals surface area (Å²) in [6, 6.07) is 4.95. The average molecular weight is 566 g/mol. The van der Waals surface area contributed by atoms with Gasteiger partial charge in [-0.3, -0.25) is 14.4 Å². The second-order valence-corrected chi connectivity index (χ2v) is 13.4. The lowest BCUT2D eigenvalue weighted by Gasteiger charge is -2.34. The molecule has 5 rings (SSSR count). The van der Waals surface area contributed by atoms with Gasteiger partial charge in [-0.1, -0.05) is 13.8 Å². The maximum Gasteiger partial charge on any atom is 0.309 e. The van der Waals surface area contributed by atoms with Crippen LogP contribution < -0.4 is 20.1 Å². The number of methoxy groups -OCH3 is 1. The van der Waals surface area contributed by atoms with Crippen LogP contribution >= 0.6 is 0 Å². The highest BCUT2D eigenvalue weighted by Gasteiger charge is 2.52. The zero-order chi connectivity index (χ0) is 29.5. The normalized spacial score (nSPS) is 31.3. The summed E-state index contributed by atoms with van der Waals surface area (Å²) in [6.45, 7) is 6.86. The van der Waals surface area contributed by atoms with Crippen molar-refractivity contribution in [2.45, 2.75) is 90.7 Å². The van der Waals surface area contributed by atoms with Crippen LogP contribution in [-0.2, 0) is 9.59 Å². The van der Waals surface area contributed by atoms with Crippen LogP contribution in [0.2, 0.25) is 0 Å². The molecule has 222 valence electrons. The number of ether oxygens (including phenoxy) is 2. The highest BCUT2D eigenvalue weighted by Crippen LogP contribution is 2.52. The second-order valence-electron chi connectivity index (χ2n) is 13.4. The van der Waals surface area contributed by atoms with Crippen molar-refractivity contribution in [3.63, 3.8) is 0 Å². The summed E-state index contributed by atoms with van der Waals surface area (Å²) in [5.41, 5.74) is -0.0591. The summed E-state index contributed by atoms with van der Waals surface area (Å²) in [5, 5.41) is 25.7. The molecule has 2 bridgehead atoms. The minimum atomic E-state index is -0.809. The van der Waals surface area contributed by atoms with Crippen LogP contribution in [0, 0.1) is 45.8 Å². The third kappa shape index (κ3) is 5.62. The van der Waals surface area contributed by atoms with Gasteiger partial charge in [0.25, 0.3) is 5.91 Å². The number of hydrogen-bond acceptors (Lipinski definition) is 6. The van der Waals surface area contributed by atoms with Crippen LogP contribution in [0.1, 0.15) is 94.5 Å². The molecule has 4 saturated carbocycles. The molecule has 1 aromatic rings. The lowest BCUT2D eigenvalue weighted by molar-refractivity contribution is -0.150. The van der Waals surface area contributed by atoms with E-state index in [9.17, 15) is 24.8 Å². The molecular formula is C32H43N3O6. The molecule has 4 fully saturated rings. The molecule has 3 N–H and O–H groups in total. The van der Waals surface area contributed by atoms with Gasteiger partial charge < -0.3 is 25.2 Å². The van der Waals surface area contributed by atoms with E-state index in [-0.39, 0.29) is 69.8 Å². The Balaban J connectivity index is 1.31. The number of nitriles is 1. The van der Waals surface area contributed by atoms with Crippen molar-refractivity contribution >= 4 is 17.8 Å². The Labute approximate surface area is 242 Å². The first-order valence-electron chi connectivity index (χ1n) is 15.1. The van der Waals surface area contributed by atoms with E-state index in [2.05, 4.69) is 30.6 Å². The largest absolute Gasteiger partial charge is 0.496 e. The van der Waals surface area contributed by atoms with E-state index in [4.69, 9.17) is 9.47 Å². The van der Waals surface area contributed by atoms with Gasteiger partial charge in [-0.25, -0.2) is 0 Å². The molecule has 0 radical (unpaired) electrons. The van der Waals surface area contributed by atoms with Gasteiger partial charge in [-0.2, -0.15) is 5.26 Å². The van der Waals surface area contributed by atoms with Crippen molar-refractivity contribution in [2.24, 2.45) is 34.5 Å². The molecule has 9 heteroatoms. The summed E-state index contributed by atoms with van der Waals surface area (Å²) in [5.74, 6) is 0.218. The van der Waals surface area contributed by atoms with E-state index in [1.165, 1.54) is 13.2 Å². The van der Waals surface area contributed by atoms with Crippen molar-refractivity contribution in [3.8, 4) is 17.6 Å². The standard InChI is InChI=1S/C32H43N3O6/c1-18(2)32(11-12-32)17-34-29(37)26-19-5-6-20(13-19)27(26)35-28(36)23-15-24(21(16-33)14-25(23)40-4)41-22-7-9-31(3,10-8-22)30(38)39/h14-15,18-20,22,26-27H,5-13,17H2,1-4H3,(H,34,37)(H,35,36)(H,38,39)/t19-,20+,22?,26+,27-,31?/m1/s1. The number of fused-ring (bicyclic) bond motifs is 2. The fourth-order valence-electron chi connectivity index (χ4n) is 7.44. The molecule has 4 atom stereocenters. The van der Waals surface area contributed by atoms with Crippen LogP contribution in [0.25, 0.3) is 0 Å². The first-order valence-corrected chi connectivity index (χ1v) is 15.1. The highest BCUT2D eigenvalue weighted by molar-refractivity contribution is 5.98. The number of carboxylic acid groups (broad SMARTS) is 1. The van der Waals surface area contributed by atoms with Gasteiger partial charge >= 0.3 is 5.97 Å². The number of amides is 2. The van der Waals surface area contributed by atoms with Crippen molar-refractivity contribution < 1.29 is 29.0 Å². The fourth-order valence-corrected chi connectivity index (χ4v) is 7.44. The Bertz CT molecular complexity index is 1240. The third-order valence-corrected chi connectivity index (χ3v) is 10.8. The Morgan fingerprint density at radius 1 is 1.07 bits per heavy atom. The number of hydrogen-bond donors (Lipinski definition) is 3. The maximum atomic E-state index is 13.7. The van der Waals surface area contributed by atoms with E-state index in [1.54, 1.807) is 13.0 Å². The lowest BCUT2D eigenvalue weighted by atomic mass is 9.75. The molecule has 0 unspecified atom stereocenters. The lowest BCUT2D eigenvalue weighted by Crippen LogP contribution is -2.50. The van der Waals surface area contributed by atoms with Gasteiger partial charge in [-0.15, -0.1) is 0 Å². The van der Waals surface area contributed by atoms with Crippen LogP contribution in [0.15, 0.2) is 12.1 Å². The molecule has 41 heavy (non-hydrogen) atoms. The molecule has 4 aliphatic rings. The molecule has 9 nitrogen and oxygen atoms in total. The van der Waals surface area contributed by atoms with Crippen molar-refractivity contribution in [1.82, 2.24) is 10.6 Å². The van der Waals surface area contributed by atoms with Crippen LogP contribution in [0.5, 0.6) is 11.5 Å². The van der Waals surface area contributed by atoms with E-state index < -0.39 is 11.4 Å². The third-order valence-electron chi connectivity index (χ3n) is 10.8. The number of aliphatic carboxylic acids is 1. The van der Waals surface area contributed by atoms with Crippen LogP contribution in [-0.4, -0.2) is 48.7 Å². The molecular weight excluding hydrogens is 522 g/mol. The number of carboxylic acids is 1. The molecule has 4 aliphatic carbocycles. The molecule has 0 aliphatic heterocycles. The topological polar surface area (TPSA) is 138 Å². The molecule has 0 spiro atoms. The van der Waals surface area contributed by atoms with Gasteiger partial charge in [0.15, 0.2) is 0 Å². The van der Waals surface area contributed by atoms with Crippen molar-refractivity contribution in [2.75, 3.05) is 13.7 Å². The zero-order valence-electron chi connectivity index (χ0n) is 24.6. The molecule has 1 aromatic carbocycles. The minimum Gasteiger partial charge on any atom is -0.496 e. The smallest absolute Gasteiger partial charge is 0.309 e. The molecule has 0 aromatic heterocycles. The predicted molar refractivity (Wildman–Crippen MR) is 151 cm³/mol. The van der Waals surface area contributed by atoms with Crippen LogP contribution in [0.4, 0.5) is 0 Å². The van der Waals surface area contributed by atoms with E-state index in [0.29, 0.717) is 38.1 Å².